The van der Waals surface area contributed by atoms with Crippen LogP contribution in [0.5, 0.6) is 0 Å². The number of nitrogens with zero attached hydrogens (tertiary/aromatic N) is 6. The normalized spacial score (nSPS) is 20.1. The van der Waals surface area contributed by atoms with E-state index in [2.05, 4.69) is 49.4 Å². The highest BCUT2D eigenvalue weighted by Gasteiger charge is 2.33. The summed E-state index contributed by atoms with van der Waals surface area (Å²) in [5.74, 6) is 1.64. The predicted molar refractivity (Wildman–Crippen MR) is 138 cm³/mol. The second-order valence-corrected chi connectivity index (χ2v) is 10.2. The maximum atomic E-state index is 13.6. The molecule has 2 atom stereocenters. The Labute approximate surface area is 215 Å². The van der Waals surface area contributed by atoms with Gasteiger partial charge in [0.05, 0.1) is 31.0 Å². The van der Waals surface area contributed by atoms with Crippen molar-refractivity contribution < 1.29 is 9.15 Å². The fraction of sp³-hybridized carbons (Fsp3) is 0.481. The van der Waals surface area contributed by atoms with Crippen LogP contribution in [0.25, 0.3) is 10.9 Å². The molecule has 0 saturated carbocycles. The van der Waals surface area contributed by atoms with Gasteiger partial charge >= 0.3 is 0 Å². The lowest BCUT2D eigenvalue weighted by Crippen LogP contribution is -2.48. The fourth-order valence-corrected chi connectivity index (χ4v) is 5.73. The molecule has 37 heavy (non-hydrogen) atoms. The Kier molecular flexibility index (Phi) is 6.62. The van der Waals surface area contributed by atoms with E-state index in [9.17, 15) is 4.79 Å². The van der Waals surface area contributed by atoms with Crippen molar-refractivity contribution in [2.45, 2.75) is 51.9 Å². The van der Waals surface area contributed by atoms with Crippen molar-refractivity contribution in [1.29, 1.82) is 0 Å². The maximum absolute atomic E-state index is 13.6. The van der Waals surface area contributed by atoms with Gasteiger partial charge in [-0.2, -0.15) is 0 Å². The summed E-state index contributed by atoms with van der Waals surface area (Å²) < 4.78 is 13.3. The van der Waals surface area contributed by atoms with E-state index in [1.807, 2.05) is 29.8 Å². The van der Waals surface area contributed by atoms with Crippen molar-refractivity contribution in [2.24, 2.45) is 0 Å². The Balaban J connectivity index is 1.36. The number of rotatable bonds is 7. The number of aryl methyl sites for hydroxylation is 2. The molecule has 0 radical (unpaired) electrons. The van der Waals surface area contributed by atoms with E-state index in [0.717, 1.165) is 80.0 Å². The lowest BCUT2D eigenvalue weighted by atomic mass is 10.00. The SMILES string of the molecule is Cc1cc(C)c2[nH]c(=O)c([C@@H](c3nnnn3C[C@@H]3CCCO3)N3CCN(Cc4ccco4)CC3)cc2c1. The van der Waals surface area contributed by atoms with E-state index in [4.69, 9.17) is 9.15 Å². The summed E-state index contributed by atoms with van der Waals surface area (Å²) in [6.07, 6.45) is 3.84. The molecule has 2 aliphatic rings. The number of ether oxygens (including phenoxy) is 1. The van der Waals surface area contributed by atoms with Crippen LogP contribution in [0, 0.1) is 13.8 Å². The number of benzene rings is 1. The van der Waals surface area contributed by atoms with Gasteiger partial charge in [-0.25, -0.2) is 4.68 Å². The molecule has 0 spiro atoms. The van der Waals surface area contributed by atoms with Gasteiger partial charge in [0.2, 0.25) is 0 Å². The Morgan fingerprint density at radius 2 is 2.03 bits per heavy atom. The molecule has 5 heterocycles. The molecule has 0 unspecified atom stereocenters. The largest absolute Gasteiger partial charge is 0.468 e. The first-order valence-electron chi connectivity index (χ1n) is 13.1. The summed E-state index contributed by atoms with van der Waals surface area (Å²) in [4.78, 5) is 21.4. The third kappa shape index (κ3) is 4.96. The van der Waals surface area contributed by atoms with E-state index >= 15 is 0 Å². The lowest BCUT2D eigenvalue weighted by Gasteiger charge is -2.38. The molecule has 10 heteroatoms. The number of piperazine rings is 1. The van der Waals surface area contributed by atoms with Crippen LogP contribution in [0.1, 0.15) is 47.2 Å². The average molecular weight is 504 g/mol. The quantitative estimate of drug-likeness (QED) is 0.411. The number of hydrogen-bond donors (Lipinski definition) is 1. The van der Waals surface area contributed by atoms with Crippen LogP contribution in [0.2, 0.25) is 0 Å². The second-order valence-electron chi connectivity index (χ2n) is 10.2. The Morgan fingerprint density at radius 3 is 2.78 bits per heavy atom. The molecule has 0 amide bonds. The summed E-state index contributed by atoms with van der Waals surface area (Å²) in [6.45, 7) is 9.51. The number of fused-ring (bicyclic) bond motifs is 1. The molecule has 2 aliphatic heterocycles. The molecule has 3 aromatic heterocycles. The summed E-state index contributed by atoms with van der Waals surface area (Å²) in [7, 11) is 0. The first-order valence-corrected chi connectivity index (χ1v) is 13.1. The zero-order valence-corrected chi connectivity index (χ0v) is 21.4. The highest BCUT2D eigenvalue weighted by molar-refractivity contribution is 5.83. The summed E-state index contributed by atoms with van der Waals surface area (Å²) in [6, 6.07) is 9.80. The van der Waals surface area contributed by atoms with Crippen molar-refractivity contribution in [1.82, 2.24) is 35.0 Å². The average Bonchev–Trinajstić information content (AvgIpc) is 3.66. The van der Waals surface area contributed by atoms with Crippen molar-refractivity contribution in [3.05, 3.63) is 75.2 Å². The van der Waals surface area contributed by atoms with E-state index in [1.54, 1.807) is 6.26 Å². The minimum Gasteiger partial charge on any atom is -0.468 e. The molecule has 6 rings (SSSR count). The van der Waals surface area contributed by atoms with Crippen molar-refractivity contribution >= 4 is 10.9 Å². The molecule has 4 aromatic rings. The standard InChI is InChI=1S/C27H33N7O3/c1-18-13-19(2)24-20(14-18)15-23(27(35)28-24)25(26-29-30-31-34(26)17-22-6-4-12-37-22)33-9-7-32(8-10-33)16-21-5-3-11-36-21/h3,5,11,13-15,22,25H,4,6-10,12,16-17H2,1-2H3,(H,28,35)/t22-,25-/m0/s1. The minimum atomic E-state index is -0.365. The van der Waals surface area contributed by atoms with Gasteiger partial charge in [0, 0.05) is 38.3 Å². The smallest absolute Gasteiger partial charge is 0.253 e. The van der Waals surface area contributed by atoms with Crippen LogP contribution in [-0.2, 0) is 17.8 Å². The second kappa shape index (κ2) is 10.2. The summed E-state index contributed by atoms with van der Waals surface area (Å²) in [5, 5.41) is 13.8. The fourth-order valence-electron chi connectivity index (χ4n) is 5.73. The van der Waals surface area contributed by atoms with Gasteiger partial charge in [-0.1, -0.05) is 11.6 Å². The molecule has 10 nitrogen and oxygen atoms in total. The zero-order chi connectivity index (χ0) is 25.4. The van der Waals surface area contributed by atoms with E-state index in [0.29, 0.717) is 17.9 Å². The number of furan rings is 1. The third-order valence-electron chi connectivity index (χ3n) is 7.55. The van der Waals surface area contributed by atoms with Gasteiger partial charge in [-0.15, -0.1) is 5.10 Å². The number of aromatic nitrogens is 5. The molecule has 194 valence electrons. The van der Waals surface area contributed by atoms with Gasteiger partial charge in [0.1, 0.15) is 11.8 Å². The van der Waals surface area contributed by atoms with Crippen molar-refractivity contribution in [2.75, 3.05) is 32.8 Å². The Bertz CT molecular complexity index is 1410. The number of aromatic amines is 1. The predicted octanol–water partition coefficient (Wildman–Crippen LogP) is 2.81. The number of hydrogen-bond acceptors (Lipinski definition) is 8. The molecule has 0 bridgehead atoms. The van der Waals surface area contributed by atoms with Gasteiger partial charge in [-0.3, -0.25) is 14.6 Å². The number of pyridine rings is 1. The van der Waals surface area contributed by atoms with Gasteiger partial charge in [-0.05, 0) is 72.3 Å². The zero-order valence-electron chi connectivity index (χ0n) is 21.4. The van der Waals surface area contributed by atoms with Crippen molar-refractivity contribution in [3.63, 3.8) is 0 Å². The van der Waals surface area contributed by atoms with Crippen LogP contribution in [0.4, 0.5) is 0 Å². The van der Waals surface area contributed by atoms with Gasteiger partial charge < -0.3 is 14.1 Å². The Morgan fingerprint density at radius 1 is 1.16 bits per heavy atom. The molecular formula is C27H33N7O3. The number of H-pyrrole nitrogens is 1. The summed E-state index contributed by atoms with van der Waals surface area (Å²) >= 11 is 0. The summed E-state index contributed by atoms with van der Waals surface area (Å²) in [5.41, 5.74) is 3.66. The van der Waals surface area contributed by atoms with Gasteiger partial charge in [0.15, 0.2) is 5.82 Å². The van der Waals surface area contributed by atoms with Crippen LogP contribution >= 0.6 is 0 Å². The van der Waals surface area contributed by atoms with Crippen LogP contribution in [0.3, 0.4) is 0 Å². The lowest BCUT2D eigenvalue weighted by molar-refractivity contribution is 0.0825. The molecular weight excluding hydrogens is 470 g/mol. The van der Waals surface area contributed by atoms with E-state index in [1.165, 1.54) is 0 Å². The topological polar surface area (TPSA) is 105 Å². The third-order valence-corrected chi connectivity index (χ3v) is 7.55. The van der Waals surface area contributed by atoms with Crippen LogP contribution in [-0.4, -0.2) is 73.9 Å². The van der Waals surface area contributed by atoms with Crippen LogP contribution < -0.4 is 5.56 Å². The van der Waals surface area contributed by atoms with Crippen molar-refractivity contribution in [3.8, 4) is 0 Å². The molecule has 2 fully saturated rings. The molecule has 1 aromatic carbocycles. The minimum absolute atomic E-state index is 0.0910. The first kappa shape index (κ1) is 24.0. The Hall–Kier alpha value is -3.34. The first-order chi connectivity index (χ1) is 18.0. The van der Waals surface area contributed by atoms with Gasteiger partial charge in [0.25, 0.3) is 5.56 Å². The van der Waals surface area contributed by atoms with Crippen LogP contribution in [0.15, 0.2) is 45.8 Å². The highest BCUT2D eigenvalue weighted by Crippen LogP contribution is 2.29. The highest BCUT2D eigenvalue weighted by atomic mass is 16.5. The number of tetrazole rings is 1. The monoisotopic (exact) mass is 503 g/mol. The molecule has 1 N–H and O–H groups in total. The van der Waals surface area contributed by atoms with E-state index < -0.39 is 0 Å². The molecule has 2 saturated heterocycles. The number of nitrogens with one attached hydrogen (secondary N) is 1. The van der Waals surface area contributed by atoms with E-state index in [-0.39, 0.29) is 17.7 Å². The molecule has 0 aliphatic carbocycles. The maximum Gasteiger partial charge on any atom is 0.253 e.